The lowest BCUT2D eigenvalue weighted by Crippen LogP contribution is -2.43. The Kier molecular flexibility index (Phi) is 6.71. The largest absolute Gasteiger partial charge is 0.443 e. The van der Waals surface area contributed by atoms with E-state index >= 15 is 0 Å². The molecule has 120 valence electrons. The zero-order valence-electron chi connectivity index (χ0n) is 14.4. The van der Waals surface area contributed by atoms with Crippen molar-refractivity contribution in [3.63, 3.8) is 0 Å². The summed E-state index contributed by atoms with van der Waals surface area (Å²) in [5.41, 5.74) is -0.521. The summed E-state index contributed by atoms with van der Waals surface area (Å²) in [7, 11) is -1.72. The summed E-state index contributed by atoms with van der Waals surface area (Å²) in [5, 5.41) is 1.31. The number of nitrogens with two attached hydrogens (primary N) is 1. The molecule has 0 saturated heterocycles. The van der Waals surface area contributed by atoms with E-state index in [0.29, 0.717) is 19.6 Å². The quantitative estimate of drug-likeness (QED) is 0.277. The first-order chi connectivity index (χ1) is 8.76. The summed E-state index contributed by atoms with van der Waals surface area (Å²) < 4.78 is 11.2. The van der Waals surface area contributed by atoms with Crippen molar-refractivity contribution in [2.75, 3.05) is 13.2 Å². The summed E-state index contributed by atoms with van der Waals surface area (Å²) in [5.74, 6) is 5.67. The molecule has 20 heavy (non-hydrogen) atoms. The maximum Gasteiger partial charge on any atom is 0.424 e. The van der Waals surface area contributed by atoms with Crippen LogP contribution in [0.1, 0.15) is 48.0 Å². The van der Waals surface area contributed by atoms with Crippen molar-refractivity contribution in [3.05, 3.63) is 0 Å². The molecule has 0 heterocycles. The molecule has 0 aromatic carbocycles. The van der Waals surface area contributed by atoms with Crippen LogP contribution in [0.5, 0.6) is 0 Å². The van der Waals surface area contributed by atoms with Crippen LogP contribution in [0.2, 0.25) is 18.1 Å². The zero-order valence-corrected chi connectivity index (χ0v) is 15.4. The lowest BCUT2D eigenvalue weighted by Gasteiger charge is -2.36. The van der Waals surface area contributed by atoms with E-state index in [0.717, 1.165) is 5.01 Å². The van der Waals surface area contributed by atoms with E-state index < -0.39 is 20.0 Å². The van der Waals surface area contributed by atoms with E-state index in [-0.39, 0.29) is 5.04 Å². The van der Waals surface area contributed by atoms with Crippen LogP contribution in [0, 0.1) is 0 Å². The van der Waals surface area contributed by atoms with E-state index in [9.17, 15) is 4.79 Å². The first-order valence-corrected chi connectivity index (χ1v) is 10.1. The molecule has 6 heteroatoms. The van der Waals surface area contributed by atoms with Crippen molar-refractivity contribution in [3.8, 4) is 0 Å². The summed E-state index contributed by atoms with van der Waals surface area (Å²) in [6, 6.07) is 0. The van der Waals surface area contributed by atoms with Crippen LogP contribution in [0.4, 0.5) is 4.79 Å². The standard InChI is InChI=1S/C14H32N2O3Si/c1-13(2,3)19-12(17)16(15)10-9-11-18-20(7,8)14(4,5)6/h9-11,15H2,1-8H3. The van der Waals surface area contributed by atoms with Crippen molar-refractivity contribution < 1.29 is 14.0 Å². The fourth-order valence-electron chi connectivity index (χ4n) is 1.19. The Morgan fingerprint density at radius 2 is 1.65 bits per heavy atom. The minimum absolute atomic E-state index is 0.195. The van der Waals surface area contributed by atoms with Gasteiger partial charge in [-0.3, -0.25) is 0 Å². The lowest BCUT2D eigenvalue weighted by atomic mass is 10.2. The molecule has 1 amide bonds. The molecule has 2 N–H and O–H groups in total. The molecular weight excluding hydrogens is 272 g/mol. The van der Waals surface area contributed by atoms with Crippen LogP contribution in [0.15, 0.2) is 0 Å². The summed E-state index contributed by atoms with van der Waals surface area (Å²) in [6.45, 7) is 17.5. The van der Waals surface area contributed by atoms with Gasteiger partial charge in [0.15, 0.2) is 8.32 Å². The molecular formula is C14H32N2O3Si. The Balaban J connectivity index is 4.05. The van der Waals surface area contributed by atoms with Crippen LogP contribution in [0.25, 0.3) is 0 Å². The van der Waals surface area contributed by atoms with Crippen molar-refractivity contribution in [1.29, 1.82) is 0 Å². The third-order valence-electron chi connectivity index (χ3n) is 3.44. The number of carbonyl (C=O) groups is 1. The van der Waals surface area contributed by atoms with Gasteiger partial charge in [0.1, 0.15) is 5.60 Å². The van der Waals surface area contributed by atoms with E-state index in [1.54, 1.807) is 0 Å². The lowest BCUT2D eigenvalue weighted by molar-refractivity contribution is 0.0239. The second-order valence-electron chi connectivity index (χ2n) is 7.64. The zero-order chi connectivity index (χ0) is 16.2. The molecule has 0 spiro atoms. The van der Waals surface area contributed by atoms with Gasteiger partial charge >= 0.3 is 6.09 Å². The normalized spacial score (nSPS) is 13.2. The second kappa shape index (κ2) is 6.91. The molecule has 0 aromatic heterocycles. The predicted molar refractivity (Wildman–Crippen MR) is 84.9 cm³/mol. The first kappa shape index (κ1) is 19.4. The molecule has 0 aliphatic carbocycles. The van der Waals surface area contributed by atoms with Gasteiger partial charge in [0.2, 0.25) is 0 Å². The first-order valence-electron chi connectivity index (χ1n) is 7.15. The third kappa shape index (κ3) is 7.26. The van der Waals surface area contributed by atoms with Crippen molar-refractivity contribution in [1.82, 2.24) is 5.01 Å². The summed E-state index contributed by atoms with van der Waals surface area (Å²) in [6.07, 6.45) is 0.215. The number of hydrazine groups is 1. The van der Waals surface area contributed by atoms with Gasteiger partial charge in [0.05, 0.1) is 0 Å². The van der Waals surface area contributed by atoms with Crippen LogP contribution in [-0.4, -0.2) is 38.2 Å². The van der Waals surface area contributed by atoms with Gasteiger partial charge in [-0.15, -0.1) is 0 Å². The smallest absolute Gasteiger partial charge is 0.424 e. The molecule has 0 atom stereocenters. The number of amides is 1. The Labute approximate surface area is 124 Å². The van der Waals surface area contributed by atoms with Crippen LogP contribution >= 0.6 is 0 Å². The average molecular weight is 305 g/mol. The van der Waals surface area contributed by atoms with Gasteiger partial charge in [-0.2, -0.15) is 0 Å². The molecule has 0 bridgehead atoms. The van der Waals surface area contributed by atoms with Gasteiger partial charge in [0, 0.05) is 13.2 Å². The van der Waals surface area contributed by atoms with Gasteiger partial charge in [0.25, 0.3) is 0 Å². The maximum absolute atomic E-state index is 11.7. The topological polar surface area (TPSA) is 64.8 Å². The molecule has 0 unspecified atom stereocenters. The Bertz CT molecular complexity index is 319. The maximum atomic E-state index is 11.7. The number of hydrogen-bond acceptors (Lipinski definition) is 4. The molecule has 0 aliphatic rings. The number of nitrogens with zero attached hydrogens (tertiary/aromatic N) is 1. The third-order valence-corrected chi connectivity index (χ3v) is 7.98. The highest BCUT2D eigenvalue weighted by atomic mass is 28.4. The Morgan fingerprint density at radius 3 is 2.05 bits per heavy atom. The summed E-state index contributed by atoms with van der Waals surface area (Å²) >= 11 is 0. The highest BCUT2D eigenvalue weighted by Crippen LogP contribution is 2.36. The monoisotopic (exact) mass is 304 g/mol. The molecule has 0 aromatic rings. The van der Waals surface area contributed by atoms with Gasteiger partial charge in [-0.25, -0.2) is 15.6 Å². The number of rotatable bonds is 5. The fraction of sp³-hybridized carbons (Fsp3) is 0.929. The van der Waals surface area contributed by atoms with Crippen molar-refractivity contribution >= 4 is 14.4 Å². The van der Waals surface area contributed by atoms with Crippen molar-refractivity contribution in [2.24, 2.45) is 5.84 Å². The minimum atomic E-state index is -1.72. The van der Waals surface area contributed by atoms with E-state index in [1.807, 2.05) is 20.8 Å². The molecule has 0 saturated carbocycles. The Morgan fingerprint density at radius 1 is 1.15 bits per heavy atom. The molecule has 0 fully saturated rings. The fourth-order valence-corrected chi connectivity index (χ4v) is 2.28. The SMILES string of the molecule is CC(C)(C)OC(=O)N(N)CCCO[Si](C)(C)C(C)(C)C. The van der Waals surface area contributed by atoms with E-state index in [1.165, 1.54) is 0 Å². The molecule has 0 radical (unpaired) electrons. The Hall–Kier alpha value is -0.593. The highest BCUT2D eigenvalue weighted by molar-refractivity contribution is 6.74. The van der Waals surface area contributed by atoms with Gasteiger partial charge in [-0.05, 0) is 45.3 Å². The van der Waals surface area contributed by atoms with Crippen LogP contribution in [0.3, 0.4) is 0 Å². The molecule has 0 rings (SSSR count). The van der Waals surface area contributed by atoms with E-state index in [2.05, 4.69) is 33.9 Å². The van der Waals surface area contributed by atoms with Gasteiger partial charge in [-0.1, -0.05) is 20.8 Å². The molecule has 5 nitrogen and oxygen atoms in total. The molecule has 0 aliphatic heterocycles. The van der Waals surface area contributed by atoms with Crippen LogP contribution in [-0.2, 0) is 9.16 Å². The van der Waals surface area contributed by atoms with Crippen LogP contribution < -0.4 is 5.84 Å². The van der Waals surface area contributed by atoms with Gasteiger partial charge < -0.3 is 9.16 Å². The summed E-state index contributed by atoms with van der Waals surface area (Å²) in [4.78, 5) is 11.7. The predicted octanol–water partition coefficient (Wildman–Crippen LogP) is 3.51. The van der Waals surface area contributed by atoms with E-state index in [4.69, 9.17) is 15.0 Å². The van der Waals surface area contributed by atoms with Crippen molar-refractivity contribution in [2.45, 2.75) is 71.7 Å². The highest BCUT2D eigenvalue weighted by Gasteiger charge is 2.36. The number of carbonyl (C=O) groups excluding carboxylic acids is 1. The number of hydrogen-bond donors (Lipinski definition) is 1. The average Bonchev–Trinajstić information content (AvgIpc) is 2.19. The minimum Gasteiger partial charge on any atom is -0.443 e. The second-order valence-corrected chi connectivity index (χ2v) is 12.4. The number of ether oxygens (including phenoxy) is 1.